The molecule has 1 saturated heterocycles. The summed E-state index contributed by atoms with van der Waals surface area (Å²) in [5.41, 5.74) is 0. The van der Waals surface area contributed by atoms with Crippen LogP contribution in [0.1, 0.15) is 12.2 Å². The molecule has 1 amide bonds. The summed E-state index contributed by atoms with van der Waals surface area (Å²) in [6.45, 7) is 2.51. The van der Waals surface area contributed by atoms with Gasteiger partial charge in [-0.2, -0.15) is 0 Å². The van der Waals surface area contributed by atoms with Crippen LogP contribution in [0.2, 0.25) is 0 Å². The highest BCUT2D eigenvalue weighted by Gasteiger charge is 2.35. The van der Waals surface area contributed by atoms with Gasteiger partial charge in [-0.3, -0.25) is 9.89 Å². The predicted molar refractivity (Wildman–Crippen MR) is 76.5 cm³/mol. The van der Waals surface area contributed by atoms with E-state index < -0.39 is 0 Å². The summed E-state index contributed by atoms with van der Waals surface area (Å²) in [6.07, 6.45) is 0.819. The highest BCUT2D eigenvalue weighted by molar-refractivity contribution is 7.99. The summed E-state index contributed by atoms with van der Waals surface area (Å²) in [5.74, 6) is 1.07. The Balaban J connectivity index is 1.90. The Morgan fingerprint density at radius 3 is 2.90 bits per heavy atom. The fourth-order valence-corrected chi connectivity index (χ4v) is 3.07. The van der Waals surface area contributed by atoms with Crippen LogP contribution in [-0.2, 0) is 4.79 Å². The Morgan fingerprint density at radius 1 is 1.60 bits per heavy atom. The van der Waals surface area contributed by atoms with Gasteiger partial charge in [-0.15, -0.1) is 5.10 Å². The first-order valence-electron chi connectivity index (χ1n) is 6.59. The third kappa shape index (κ3) is 3.50. The molecule has 2 rings (SSSR count). The van der Waals surface area contributed by atoms with Crippen LogP contribution >= 0.6 is 11.8 Å². The lowest BCUT2D eigenvalue weighted by molar-refractivity contribution is -0.129. The van der Waals surface area contributed by atoms with E-state index in [0.29, 0.717) is 23.5 Å². The maximum atomic E-state index is 12.3. The number of nitrogens with one attached hydrogen (secondary N) is 1. The highest BCUT2D eigenvalue weighted by Crippen LogP contribution is 2.22. The average Bonchev–Trinajstić information content (AvgIpc) is 3.01. The minimum Gasteiger partial charge on any atom is -0.394 e. The first-order valence-corrected chi connectivity index (χ1v) is 7.58. The third-order valence-corrected chi connectivity index (χ3v) is 4.39. The van der Waals surface area contributed by atoms with E-state index >= 15 is 0 Å². The SMILES string of the molecule is Cc1nc(SCC(=O)N2C[C@H](N(C)C)C[C@H]2CO)n[nH]1. The second-order valence-corrected chi connectivity index (χ2v) is 6.17. The molecule has 20 heavy (non-hydrogen) atoms. The number of aromatic nitrogens is 3. The second kappa shape index (κ2) is 6.55. The minimum absolute atomic E-state index is 0.0144. The van der Waals surface area contributed by atoms with Crippen LogP contribution in [-0.4, -0.2) is 81.1 Å². The largest absolute Gasteiger partial charge is 0.394 e. The number of carbonyl (C=O) groups is 1. The number of nitrogens with zero attached hydrogens (tertiary/aromatic N) is 4. The summed E-state index contributed by atoms with van der Waals surface area (Å²) in [6, 6.07) is 0.233. The van der Waals surface area contributed by atoms with Gasteiger partial charge in [0.15, 0.2) is 0 Å². The number of aliphatic hydroxyl groups excluding tert-OH is 1. The number of amides is 1. The lowest BCUT2D eigenvalue weighted by Gasteiger charge is -2.23. The first kappa shape index (κ1) is 15.3. The zero-order valence-electron chi connectivity index (χ0n) is 12.0. The van der Waals surface area contributed by atoms with Crippen LogP contribution < -0.4 is 0 Å². The standard InChI is InChI=1S/C12H21N5O2S/c1-8-13-12(15-14-8)20-7-11(19)17-5-9(16(2)3)4-10(17)6-18/h9-10,18H,4-7H2,1-3H3,(H,13,14,15)/t9-,10+/m1/s1. The Labute approximate surface area is 122 Å². The number of aryl methyl sites for hydroxylation is 1. The van der Waals surface area contributed by atoms with Crippen molar-refractivity contribution in [2.75, 3.05) is 33.0 Å². The van der Waals surface area contributed by atoms with Crippen molar-refractivity contribution in [1.82, 2.24) is 25.0 Å². The van der Waals surface area contributed by atoms with Gasteiger partial charge in [0.1, 0.15) is 5.82 Å². The van der Waals surface area contributed by atoms with Crippen LogP contribution in [0.5, 0.6) is 0 Å². The molecular weight excluding hydrogens is 278 g/mol. The van der Waals surface area contributed by atoms with E-state index in [-0.39, 0.29) is 18.6 Å². The van der Waals surface area contributed by atoms with E-state index in [0.717, 1.165) is 12.2 Å². The summed E-state index contributed by atoms with van der Waals surface area (Å²) in [7, 11) is 4.00. The topological polar surface area (TPSA) is 85.3 Å². The van der Waals surface area contributed by atoms with Gasteiger partial charge in [0.2, 0.25) is 11.1 Å². The second-order valence-electron chi connectivity index (χ2n) is 5.23. The van der Waals surface area contributed by atoms with Gasteiger partial charge in [0.25, 0.3) is 0 Å². The van der Waals surface area contributed by atoms with E-state index in [9.17, 15) is 9.90 Å². The summed E-state index contributed by atoms with van der Waals surface area (Å²) < 4.78 is 0. The lowest BCUT2D eigenvalue weighted by atomic mass is 10.2. The van der Waals surface area contributed by atoms with Crippen molar-refractivity contribution in [2.24, 2.45) is 0 Å². The maximum absolute atomic E-state index is 12.3. The molecule has 1 aliphatic rings. The fourth-order valence-electron chi connectivity index (χ4n) is 2.34. The molecule has 0 radical (unpaired) electrons. The Morgan fingerprint density at radius 2 is 2.35 bits per heavy atom. The molecule has 7 nitrogen and oxygen atoms in total. The predicted octanol–water partition coefficient (Wildman–Crippen LogP) is -0.271. The van der Waals surface area contributed by atoms with Crippen LogP contribution in [0.4, 0.5) is 0 Å². The van der Waals surface area contributed by atoms with E-state index in [4.69, 9.17) is 0 Å². The number of hydrogen-bond donors (Lipinski definition) is 2. The number of thioether (sulfide) groups is 1. The normalized spacial score (nSPS) is 22.8. The van der Waals surface area contributed by atoms with Crippen molar-refractivity contribution in [3.05, 3.63) is 5.82 Å². The van der Waals surface area contributed by atoms with E-state index in [1.54, 1.807) is 4.90 Å². The molecule has 0 bridgehead atoms. The number of H-pyrrole nitrogens is 1. The van der Waals surface area contributed by atoms with Crippen molar-refractivity contribution in [3.8, 4) is 0 Å². The van der Waals surface area contributed by atoms with Crippen molar-refractivity contribution < 1.29 is 9.90 Å². The van der Waals surface area contributed by atoms with Gasteiger partial charge in [-0.25, -0.2) is 4.98 Å². The minimum atomic E-state index is -0.0793. The van der Waals surface area contributed by atoms with Crippen LogP contribution in [0, 0.1) is 6.92 Å². The lowest BCUT2D eigenvalue weighted by Crippen LogP contribution is -2.39. The molecule has 2 N–H and O–H groups in total. The number of likely N-dealkylation sites (N-methyl/N-ethyl adjacent to an activating group) is 1. The van der Waals surface area contributed by atoms with Gasteiger partial charge in [0.05, 0.1) is 18.4 Å². The maximum Gasteiger partial charge on any atom is 0.233 e. The number of hydrogen-bond acceptors (Lipinski definition) is 6. The molecule has 112 valence electrons. The fraction of sp³-hybridized carbons (Fsp3) is 0.750. The van der Waals surface area contributed by atoms with E-state index in [1.807, 2.05) is 21.0 Å². The van der Waals surface area contributed by atoms with Crippen molar-refractivity contribution >= 4 is 17.7 Å². The summed E-state index contributed by atoms with van der Waals surface area (Å²) >= 11 is 1.32. The zero-order chi connectivity index (χ0) is 14.7. The number of carbonyl (C=O) groups excluding carboxylic acids is 1. The molecule has 0 unspecified atom stereocenters. The molecule has 8 heteroatoms. The first-order chi connectivity index (χ1) is 9.51. The Bertz CT molecular complexity index is 464. The van der Waals surface area contributed by atoms with Crippen LogP contribution in [0.3, 0.4) is 0 Å². The third-order valence-electron chi connectivity index (χ3n) is 3.56. The average molecular weight is 299 g/mol. The van der Waals surface area contributed by atoms with Crippen LogP contribution in [0.15, 0.2) is 5.16 Å². The molecule has 1 aromatic rings. The number of rotatable bonds is 5. The molecule has 1 aliphatic heterocycles. The molecule has 2 atom stereocenters. The molecular formula is C12H21N5O2S. The number of aliphatic hydroxyl groups is 1. The summed E-state index contributed by atoms with van der Waals surface area (Å²) in [4.78, 5) is 20.3. The van der Waals surface area contributed by atoms with E-state index in [2.05, 4.69) is 20.1 Å². The van der Waals surface area contributed by atoms with Crippen molar-refractivity contribution in [2.45, 2.75) is 30.6 Å². The molecule has 2 heterocycles. The van der Waals surface area contributed by atoms with Gasteiger partial charge in [0, 0.05) is 12.6 Å². The molecule has 0 saturated carbocycles. The van der Waals surface area contributed by atoms with Gasteiger partial charge in [-0.05, 0) is 27.4 Å². The van der Waals surface area contributed by atoms with Gasteiger partial charge >= 0.3 is 0 Å². The van der Waals surface area contributed by atoms with E-state index in [1.165, 1.54) is 11.8 Å². The Kier molecular flexibility index (Phi) is 5.00. The molecule has 1 aromatic heterocycles. The molecule has 0 aliphatic carbocycles. The number of likely N-dealkylation sites (tertiary alicyclic amines) is 1. The van der Waals surface area contributed by atoms with Crippen LogP contribution in [0.25, 0.3) is 0 Å². The smallest absolute Gasteiger partial charge is 0.233 e. The van der Waals surface area contributed by atoms with Gasteiger partial charge in [-0.1, -0.05) is 11.8 Å². The molecule has 0 aromatic carbocycles. The van der Waals surface area contributed by atoms with Crippen molar-refractivity contribution in [1.29, 1.82) is 0 Å². The molecule has 1 fully saturated rings. The Hall–Kier alpha value is -1.12. The highest BCUT2D eigenvalue weighted by atomic mass is 32.2. The quantitative estimate of drug-likeness (QED) is 0.728. The monoisotopic (exact) mass is 299 g/mol. The number of aromatic amines is 1. The molecule has 0 spiro atoms. The summed E-state index contributed by atoms with van der Waals surface area (Å²) in [5, 5.41) is 16.8. The van der Waals surface area contributed by atoms with Gasteiger partial charge < -0.3 is 14.9 Å². The van der Waals surface area contributed by atoms with Crippen molar-refractivity contribution in [3.63, 3.8) is 0 Å². The zero-order valence-corrected chi connectivity index (χ0v) is 12.9.